The molecule has 1 aliphatic rings. The van der Waals surface area contributed by atoms with E-state index in [0.717, 1.165) is 11.1 Å². The Morgan fingerprint density at radius 1 is 1.14 bits per heavy atom. The molecular formula is C25H22N4O6S2. The van der Waals surface area contributed by atoms with Crippen LogP contribution in [0.4, 0.5) is 5.69 Å². The summed E-state index contributed by atoms with van der Waals surface area (Å²) in [5.41, 5.74) is 2.32. The number of hydrogen-bond acceptors (Lipinski definition) is 9. The van der Waals surface area contributed by atoms with E-state index >= 15 is 0 Å². The molecule has 0 bridgehead atoms. The van der Waals surface area contributed by atoms with Crippen molar-refractivity contribution in [2.24, 2.45) is 0 Å². The molecule has 1 N–H and O–H groups in total. The average Bonchev–Trinajstić information content (AvgIpc) is 3.57. The first kappa shape index (κ1) is 24.8. The molecule has 0 aliphatic carbocycles. The van der Waals surface area contributed by atoms with Crippen molar-refractivity contribution in [2.75, 3.05) is 6.79 Å². The van der Waals surface area contributed by atoms with Crippen LogP contribution < -0.4 is 20.3 Å². The molecule has 5 rings (SSSR count). The standard InChI is InChI=1S/C25H22N4O6S2/c30-22(26-13-17-5-8-20-21(12-17)35-15-34-20)2-1-10-28-24(31)23-19(9-11-36-23)27-25(28)37-14-16-3-6-18(7-4-16)29(32)33/h3-9,11-12H,1-2,10,13-15H2,(H,26,30). The molecule has 10 nitrogen and oxygen atoms in total. The molecule has 0 atom stereocenters. The zero-order valence-corrected chi connectivity index (χ0v) is 21.2. The van der Waals surface area contributed by atoms with E-state index in [0.29, 0.717) is 52.1 Å². The highest BCUT2D eigenvalue weighted by molar-refractivity contribution is 7.98. The van der Waals surface area contributed by atoms with Gasteiger partial charge in [-0.25, -0.2) is 4.98 Å². The van der Waals surface area contributed by atoms with Crippen molar-refractivity contribution in [1.82, 2.24) is 14.9 Å². The van der Waals surface area contributed by atoms with Crippen LogP contribution >= 0.6 is 23.1 Å². The van der Waals surface area contributed by atoms with Gasteiger partial charge in [0.25, 0.3) is 11.2 Å². The molecule has 0 radical (unpaired) electrons. The largest absolute Gasteiger partial charge is 0.454 e. The average molecular weight is 539 g/mol. The van der Waals surface area contributed by atoms with Gasteiger partial charge in [0, 0.05) is 37.4 Å². The van der Waals surface area contributed by atoms with Gasteiger partial charge in [-0.15, -0.1) is 11.3 Å². The fourth-order valence-corrected chi connectivity index (χ4v) is 5.59. The Morgan fingerprint density at radius 2 is 1.92 bits per heavy atom. The van der Waals surface area contributed by atoms with Crippen LogP contribution in [0.1, 0.15) is 24.0 Å². The first-order valence-corrected chi connectivity index (χ1v) is 13.3. The quantitative estimate of drug-likeness (QED) is 0.136. The summed E-state index contributed by atoms with van der Waals surface area (Å²) in [6.07, 6.45) is 0.725. The highest BCUT2D eigenvalue weighted by Crippen LogP contribution is 2.32. The van der Waals surface area contributed by atoms with Gasteiger partial charge in [0.1, 0.15) is 4.70 Å². The molecule has 2 aromatic carbocycles. The van der Waals surface area contributed by atoms with E-state index in [1.54, 1.807) is 16.7 Å². The Bertz CT molecular complexity index is 1520. The number of rotatable bonds is 10. The SMILES string of the molecule is O=C(CCCn1c(SCc2ccc([N+](=O)[O-])cc2)nc2ccsc2c1=O)NCc1ccc2c(c1)OCO2. The molecule has 0 spiro atoms. The molecular weight excluding hydrogens is 516 g/mol. The normalized spacial score (nSPS) is 12.1. The van der Waals surface area contributed by atoms with Gasteiger partial charge in [0.05, 0.1) is 10.4 Å². The molecule has 0 fully saturated rings. The number of amides is 1. The third kappa shape index (κ3) is 5.75. The lowest BCUT2D eigenvalue weighted by molar-refractivity contribution is -0.384. The van der Waals surface area contributed by atoms with E-state index in [9.17, 15) is 19.7 Å². The molecule has 2 aromatic heterocycles. The Balaban J connectivity index is 1.21. The molecule has 37 heavy (non-hydrogen) atoms. The summed E-state index contributed by atoms with van der Waals surface area (Å²) < 4.78 is 12.9. The first-order chi connectivity index (χ1) is 18.0. The fraction of sp³-hybridized carbons (Fsp3) is 0.240. The second-order valence-electron chi connectivity index (χ2n) is 8.27. The number of nitrogens with one attached hydrogen (secondary N) is 1. The Labute approximate surface area is 219 Å². The molecule has 190 valence electrons. The van der Waals surface area contributed by atoms with Gasteiger partial charge < -0.3 is 14.8 Å². The second-order valence-corrected chi connectivity index (χ2v) is 10.1. The lowest BCUT2D eigenvalue weighted by Gasteiger charge is -2.12. The fourth-order valence-electron chi connectivity index (χ4n) is 3.83. The maximum Gasteiger partial charge on any atom is 0.272 e. The van der Waals surface area contributed by atoms with Crippen LogP contribution in [0, 0.1) is 10.1 Å². The number of aromatic nitrogens is 2. The van der Waals surface area contributed by atoms with E-state index in [2.05, 4.69) is 10.3 Å². The Hall–Kier alpha value is -3.90. The van der Waals surface area contributed by atoms with Crippen molar-refractivity contribution in [2.45, 2.75) is 36.8 Å². The number of ether oxygens (including phenoxy) is 2. The Kier molecular flexibility index (Phi) is 7.37. The number of hydrogen-bond donors (Lipinski definition) is 1. The third-order valence-corrected chi connectivity index (χ3v) is 7.70. The summed E-state index contributed by atoms with van der Waals surface area (Å²) in [6, 6.07) is 13.7. The maximum absolute atomic E-state index is 13.1. The second kappa shape index (κ2) is 11.0. The number of carbonyl (C=O) groups is 1. The van der Waals surface area contributed by atoms with Crippen molar-refractivity contribution in [3.8, 4) is 11.5 Å². The van der Waals surface area contributed by atoms with Crippen LogP contribution in [-0.4, -0.2) is 27.2 Å². The molecule has 3 heterocycles. The van der Waals surface area contributed by atoms with Crippen molar-refractivity contribution in [1.29, 1.82) is 0 Å². The predicted molar refractivity (Wildman–Crippen MR) is 140 cm³/mol. The smallest absolute Gasteiger partial charge is 0.272 e. The predicted octanol–water partition coefficient (Wildman–Crippen LogP) is 4.48. The van der Waals surface area contributed by atoms with Gasteiger partial charge in [0.2, 0.25) is 12.7 Å². The van der Waals surface area contributed by atoms with Crippen LogP contribution in [0.3, 0.4) is 0 Å². The van der Waals surface area contributed by atoms with Gasteiger partial charge >= 0.3 is 0 Å². The molecule has 1 aliphatic heterocycles. The molecule has 12 heteroatoms. The summed E-state index contributed by atoms with van der Waals surface area (Å²) in [7, 11) is 0. The minimum atomic E-state index is -0.439. The number of benzene rings is 2. The van der Waals surface area contributed by atoms with Gasteiger partial charge in [-0.3, -0.25) is 24.3 Å². The molecule has 0 unspecified atom stereocenters. The molecule has 0 saturated heterocycles. The molecule has 4 aromatic rings. The van der Waals surface area contributed by atoms with Gasteiger partial charge in [0.15, 0.2) is 16.7 Å². The van der Waals surface area contributed by atoms with E-state index in [1.165, 1.54) is 35.2 Å². The third-order valence-electron chi connectivity index (χ3n) is 5.76. The highest BCUT2D eigenvalue weighted by atomic mass is 32.2. The minimum absolute atomic E-state index is 0.0280. The van der Waals surface area contributed by atoms with E-state index in [1.807, 2.05) is 29.6 Å². The zero-order chi connectivity index (χ0) is 25.8. The number of nitro benzene ring substituents is 1. The summed E-state index contributed by atoms with van der Waals surface area (Å²) in [5.74, 6) is 1.74. The van der Waals surface area contributed by atoms with E-state index in [4.69, 9.17) is 9.47 Å². The summed E-state index contributed by atoms with van der Waals surface area (Å²) in [6.45, 7) is 0.916. The van der Waals surface area contributed by atoms with Crippen molar-refractivity contribution in [3.63, 3.8) is 0 Å². The number of thiophene rings is 1. The van der Waals surface area contributed by atoms with Crippen LogP contribution in [0.2, 0.25) is 0 Å². The Morgan fingerprint density at radius 3 is 2.73 bits per heavy atom. The van der Waals surface area contributed by atoms with Gasteiger partial charge in [-0.05, 0) is 41.1 Å². The van der Waals surface area contributed by atoms with Crippen LogP contribution in [0.15, 0.2) is 63.9 Å². The monoisotopic (exact) mass is 538 g/mol. The number of thioether (sulfide) groups is 1. The number of carbonyl (C=O) groups excluding carboxylic acids is 1. The summed E-state index contributed by atoms with van der Waals surface area (Å²) in [5, 5.41) is 16.2. The highest BCUT2D eigenvalue weighted by Gasteiger charge is 2.15. The van der Waals surface area contributed by atoms with Crippen molar-refractivity contribution in [3.05, 3.63) is 85.5 Å². The number of nitro groups is 1. The summed E-state index contributed by atoms with van der Waals surface area (Å²) in [4.78, 5) is 40.7. The maximum atomic E-state index is 13.1. The number of nitrogens with zero attached hydrogens (tertiary/aromatic N) is 3. The topological polar surface area (TPSA) is 126 Å². The number of non-ortho nitro benzene ring substituents is 1. The molecule has 0 saturated carbocycles. The van der Waals surface area contributed by atoms with Crippen LogP contribution in [0.25, 0.3) is 10.2 Å². The van der Waals surface area contributed by atoms with Gasteiger partial charge in [-0.1, -0.05) is 30.0 Å². The minimum Gasteiger partial charge on any atom is -0.454 e. The molecule has 1 amide bonds. The van der Waals surface area contributed by atoms with E-state index < -0.39 is 4.92 Å². The van der Waals surface area contributed by atoms with E-state index in [-0.39, 0.29) is 30.4 Å². The van der Waals surface area contributed by atoms with Crippen molar-refractivity contribution < 1.29 is 19.2 Å². The number of fused-ring (bicyclic) bond motifs is 2. The lowest BCUT2D eigenvalue weighted by atomic mass is 10.2. The first-order valence-electron chi connectivity index (χ1n) is 11.5. The van der Waals surface area contributed by atoms with Crippen molar-refractivity contribution >= 4 is 44.9 Å². The lowest BCUT2D eigenvalue weighted by Crippen LogP contribution is -2.25. The summed E-state index contributed by atoms with van der Waals surface area (Å²) >= 11 is 2.73. The van der Waals surface area contributed by atoms with Gasteiger partial charge in [-0.2, -0.15) is 0 Å². The van der Waals surface area contributed by atoms with Crippen LogP contribution in [-0.2, 0) is 23.6 Å². The van der Waals surface area contributed by atoms with Crippen LogP contribution in [0.5, 0.6) is 11.5 Å². The zero-order valence-electron chi connectivity index (χ0n) is 19.5.